The first-order valence-electron chi connectivity index (χ1n) is 10.2. The molecule has 8 heteroatoms. The molecule has 2 fully saturated rings. The predicted octanol–water partition coefficient (Wildman–Crippen LogP) is 2.57. The minimum Gasteiger partial charge on any atom is -0.351 e. The van der Waals surface area contributed by atoms with Crippen molar-refractivity contribution >= 4 is 26.9 Å². The van der Waals surface area contributed by atoms with E-state index in [1.807, 2.05) is 42.6 Å². The van der Waals surface area contributed by atoms with Crippen molar-refractivity contribution in [1.29, 1.82) is 0 Å². The molecule has 0 bridgehead atoms. The summed E-state index contributed by atoms with van der Waals surface area (Å²) >= 11 is 0. The normalized spacial score (nSPS) is 22.8. The van der Waals surface area contributed by atoms with Crippen molar-refractivity contribution in [2.45, 2.75) is 37.8 Å². The Kier molecular flexibility index (Phi) is 4.75. The van der Waals surface area contributed by atoms with Crippen LogP contribution in [0.2, 0.25) is 0 Å². The summed E-state index contributed by atoms with van der Waals surface area (Å²) in [5.74, 6) is 1.07. The highest BCUT2D eigenvalue weighted by Crippen LogP contribution is 2.37. The molecule has 0 spiro atoms. The number of nitrogens with one attached hydrogen (secondary N) is 1. The average molecular weight is 412 g/mol. The standard InChI is InChI=1S/C21H25N5O2S/c27-29(28,14-10-16-5-2-1-3-6-16)26-12-4-7-18-19(26)9-13-25(18)21-17-8-11-22-20(17)23-15-24-21/h1-3,5-6,8,11,15,18-19H,4,7,9-10,12-14H2,(H,22,23,24)/t18-,19-/m1/s1. The van der Waals surface area contributed by atoms with Gasteiger partial charge in [0.25, 0.3) is 0 Å². The van der Waals surface area contributed by atoms with Crippen molar-refractivity contribution in [3.8, 4) is 0 Å². The second-order valence-corrected chi connectivity index (χ2v) is 9.90. The van der Waals surface area contributed by atoms with Gasteiger partial charge in [-0.25, -0.2) is 18.4 Å². The molecule has 2 aliphatic rings. The fourth-order valence-corrected chi connectivity index (χ4v) is 6.64. The first-order valence-corrected chi connectivity index (χ1v) is 11.8. The Hall–Kier alpha value is -2.45. The number of rotatable bonds is 5. The average Bonchev–Trinajstić information content (AvgIpc) is 3.39. The fourth-order valence-electron chi connectivity index (χ4n) is 4.85. The summed E-state index contributed by atoms with van der Waals surface area (Å²) in [6.07, 6.45) is 6.72. The lowest BCUT2D eigenvalue weighted by Gasteiger charge is -2.39. The van der Waals surface area contributed by atoms with Crippen molar-refractivity contribution in [2.75, 3.05) is 23.7 Å². The highest BCUT2D eigenvalue weighted by Gasteiger charge is 2.45. The van der Waals surface area contributed by atoms with E-state index in [2.05, 4.69) is 19.9 Å². The predicted molar refractivity (Wildman–Crippen MR) is 113 cm³/mol. The second-order valence-electron chi connectivity index (χ2n) is 7.86. The van der Waals surface area contributed by atoms with Gasteiger partial charge in [-0.15, -0.1) is 0 Å². The second kappa shape index (κ2) is 7.42. The Morgan fingerprint density at radius 3 is 2.76 bits per heavy atom. The minimum atomic E-state index is -3.31. The van der Waals surface area contributed by atoms with E-state index in [1.165, 1.54) is 0 Å². The van der Waals surface area contributed by atoms with Crippen molar-refractivity contribution in [3.05, 3.63) is 54.5 Å². The molecule has 0 amide bonds. The van der Waals surface area contributed by atoms with Crippen LogP contribution < -0.4 is 4.90 Å². The van der Waals surface area contributed by atoms with Crippen LogP contribution >= 0.6 is 0 Å². The molecule has 0 unspecified atom stereocenters. The van der Waals surface area contributed by atoms with Gasteiger partial charge in [0.1, 0.15) is 17.8 Å². The molecule has 0 saturated carbocycles. The molecule has 1 aromatic carbocycles. The Morgan fingerprint density at radius 2 is 1.90 bits per heavy atom. The molecule has 7 nitrogen and oxygen atoms in total. The van der Waals surface area contributed by atoms with Gasteiger partial charge in [0, 0.05) is 31.4 Å². The van der Waals surface area contributed by atoms with E-state index in [4.69, 9.17) is 0 Å². The van der Waals surface area contributed by atoms with E-state index in [1.54, 1.807) is 10.6 Å². The smallest absolute Gasteiger partial charge is 0.214 e. The van der Waals surface area contributed by atoms with E-state index >= 15 is 0 Å². The van der Waals surface area contributed by atoms with Crippen LogP contribution in [0.25, 0.3) is 11.0 Å². The van der Waals surface area contributed by atoms with Crippen LogP contribution in [0.5, 0.6) is 0 Å². The van der Waals surface area contributed by atoms with Crippen LogP contribution in [0, 0.1) is 0 Å². The third-order valence-electron chi connectivity index (χ3n) is 6.21. The molecule has 2 aromatic heterocycles. The first kappa shape index (κ1) is 18.6. The van der Waals surface area contributed by atoms with E-state index in [0.29, 0.717) is 13.0 Å². The van der Waals surface area contributed by atoms with E-state index in [0.717, 1.165) is 48.2 Å². The summed E-state index contributed by atoms with van der Waals surface area (Å²) in [4.78, 5) is 14.3. The third-order valence-corrected chi connectivity index (χ3v) is 8.10. The number of nitrogens with zero attached hydrogens (tertiary/aromatic N) is 4. The Morgan fingerprint density at radius 1 is 1.03 bits per heavy atom. The number of hydrogen-bond donors (Lipinski definition) is 1. The zero-order valence-electron chi connectivity index (χ0n) is 16.2. The molecule has 2 atom stereocenters. The SMILES string of the molecule is O=S(=O)(CCc1ccccc1)N1CCC[C@@H]2[C@H]1CCN2c1ncnc2[nH]ccc12. The molecular formula is C21H25N5O2S. The molecule has 0 radical (unpaired) electrons. The Labute approximate surface area is 170 Å². The zero-order chi connectivity index (χ0) is 19.8. The van der Waals surface area contributed by atoms with Crippen LogP contribution in [0.4, 0.5) is 5.82 Å². The summed E-state index contributed by atoms with van der Waals surface area (Å²) in [5.41, 5.74) is 1.88. The Balaban J connectivity index is 1.37. The molecule has 0 aliphatic carbocycles. The molecular weight excluding hydrogens is 386 g/mol. The van der Waals surface area contributed by atoms with Gasteiger partial charge in [-0.05, 0) is 37.3 Å². The van der Waals surface area contributed by atoms with Crippen LogP contribution in [0.15, 0.2) is 48.9 Å². The topological polar surface area (TPSA) is 82.2 Å². The van der Waals surface area contributed by atoms with Crippen molar-refractivity contribution in [2.24, 2.45) is 0 Å². The number of piperidine rings is 1. The molecule has 1 N–H and O–H groups in total. The van der Waals surface area contributed by atoms with Crippen LogP contribution in [-0.4, -0.2) is 58.6 Å². The summed E-state index contributed by atoms with van der Waals surface area (Å²) in [6.45, 7) is 1.44. The molecule has 3 aromatic rings. The summed E-state index contributed by atoms with van der Waals surface area (Å²) in [6, 6.07) is 12.0. The monoisotopic (exact) mass is 411 g/mol. The summed E-state index contributed by atoms with van der Waals surface area (Å²) in [7, 11) is -3.31. The summed E-state index contributed by atoms with van der Waals surface area (Å²) in [5, 5.41) is 0.997. The molecule has 29 heavy (non-hydrogen) atoms. The van der Waals surface area contributed by atoms with Gasteiger partial charge in [0.2, 0.25) is 10.0 Å². The van der Waals surface area contributed by atoms with Crippen molar-refractivity contribution in [1.82, 2.24) is 19.3 Å². The number of H-pyrrole nitrogens is 1. The highest BCUT2D eigenvalue weighted by molar-refractivity contribution is 7.89. The lowest BCUT2D eigenvalue weighted by atomic mass is 9.99. The number of fused-ring (bicyclic) bond motifs is 2. The lowest BCUT2D eigenvalue weighted by Crippen LogP contribution is -2.52. The fraction of sp³-hybridized carbons (Fsp3) is 0.429. The highest BCUT2D eigenvalue weighted by atomic mass is 32.2. The number of anilines is 1. The number of benzene rings is 1. The number of aromatic nitrogens is 3. The van der Waals surface area contributed by atoms with E-state index < -0.39 is 10.0 Å². The molecule has 5 rings (SSSR count). The minimum absolute atomic E-state index is 0.0217. The van der Waals surface area contributed by atoms with Crippen LogP contribution in [0.3, 0.4) is 0 Å². The van der Waals surface area contributed by atoms with Crippen molar-refractivity contribution in [3.63, 3.8) is 0 Å². The van der Waals surface area contributed by atoms with Gasteiger partial charge in [-0.2, -0.15) is 4.31 Å². The van der Waals surface area contributed by atoms with Gasteiger partial charge in [0.15, 0.2) is 0 Å². The zero-order valence-corrected chi connectivity index (χ0v) is 17.1. The first-order chi connectivity index (χ1) is 14.1. The van der Waals surface area contributed by atoms with Gasteiger partial charge in [-0.1, -0.05) is 30.3 Å². The van der Waals surface area contributed by atoms with Crippen LogP contribution in [-0.2, 0) is 16.4 Å². The maximum atomic E-state index is 13.2. The Bertz CT molecular complexity index is 1100. The maximum Gasteiger partial charge on any atom is 0.214 e. The van der Waals surface area contributed by atoms with E-state index in [-0.39, 0.29) is 17.8 Å². The van der Waals surface area contributed by atoms with Gasteiger partial charge in [0.05, 0.1) is 11.1 Å². The van der Waals surface area contributed by atoms with Crippen molar-refractivity contribution < 1.29 is 8.42 Å². The third kappa shape index (κ3) is 3.40. The van der Waals surface area contributed by atoms with Gasteiger partial charge >= 0.3 is 0 Å². The molecule has 4 heterocycles. The number of sulfonamides is 1. The lowest BCUT2D eigenvalue weighted by molar-refractivity contribution is 0.244. The van der Waals surface area contributed by atoms with Gasteiger partial charge < -0.3 is 9.88 Å². The summed E-state index contributed by atoms with van der Waals surface area (Å²) < 4.78 is 28.2. The largest absolute Gasteiger partial charge is 0.351 e. The molecule has 2 saturated heterocycles. The molecule has 152 valence electrons. The number of aromatic amines is 1. The molecule has 2 aliphatic heterocycles. The van der Waals surface area contributed by atoms with Crippen LogP contribution in [0.1, 0.15) is 24.8 Å². The van der Waals surface area contributed by atoms with Gasteiger partial charge in [-0.3, -0.25) is 0 Å². The quantitative estimate of drug-likeness (QED) is 0.698. The number of hydrogen-bond acceptors (Lipinski definition) is 5. The van der Waals surface area contributed by atoms with E-state index in [9.17, 15) is 8.42 Å². The maximum absolute atomic E-state index is 13.2. The number of aryl methyl sites for hydroxylation is 1.